The van der Waals surface area contributed by atoms with Gasteiger partial charge >= 0.3 is 0 Å². The fourth-order valence-electron chi connectivity index (χ4n) is 2.17. The normalized spacial score (nSPS) is 13.0. The number of aliphatic hydroxyl groups excluding tert-OH is 1. The fourth-order valence-corrected chi connectivity index (χ4v) is 2.17. The van der Waals surface area contributed by atoms with Crippen molar-refractivity contribution < 1.29 is 5.11 Å². The molecule has 2 heterocycles. The third-order valence-corrected chi connectivity index (χ3v) is 2.94. The molecule has 1 unspecified atom stereocenters. The maximum absolute atomic E-state index is 9.70. The smallest absolute Gasteiger partial charge is 0.0853 e. The van der Waals surface area contributed by atoms with Gasteiger partial charge in [0.2, 0.25) is 0 Å². The van der Waals surface area contributed by atoms with Crippen LogP contribution >= 0.6 is 0 Å². The molecule has 0 aliphatic carbocycles. The highest BCUT2D eigenvalue weighted by molar-refractivity contribution is 5.27. The van der Waals surface area contributed by atoms with E-state index in [0.29, 0.717) is 6.54 Å². The lowest BCUT2D eigenvalue weighted by atomic mass is 10.1. The SMILES string of the molecule is Cc1nn(Cc2ccn(C)n2)c(C)c1C(C)O. The Labute approximate surface area is 101 Å². The molecule has 0 aliphatic rings. The molecule has 17 heavy (non-hydrogen) atoms. The summed E-state index contributed by atoms with van der Waals surface area (Å²) in [6, 6.07) is 1.97. The second-order valence-electron chi connectivity index (χ2n) is 4.40. The molecule has 5 nitrogen and oxygen atoms in total. The van der Waals surface area contributed by atoms with Crippen LogP contribution < -0.4 is 0 Å². The van der Waals surface area contributed by atoms with Crippen molar-refractivity contribution in [1.29, 1.82) is 0 Å². The van der Waals surface area contributed by atoms with E-state index in [1.54, 1.807) is 11.6 Å². The Morgan fingerprint density at radius 2 is 2.06 bits per heavy atom. The maximum Gasteiger partial charge on any atom is 0.0853 e. The Morgan fingerprint density at radius 1 is 1.35 bits per heavy atom. The van der Waals surface area contributed by atoms with Gasteiger partial charge < -0.3 is 5.11 Å². The largest absolute Gasteiger partial charge is 0.389 e. The number of aromatic nitrogens is 4. The van der Waals surface area contributed by atoms with Crippen LogP contribution in [0.4, 0.5) is 0 Å². The van der Waals surface area contributed by atoms with Gasteiger partial charge in [0, 0.05) is 24.5 Å². The molecular formula is C12H18N4O. The molecule has 2 aromatic rings. The summed E-state index contributed by atoms with van der Waals surface area (Å²) >= 11 is 0. The second kappa shape index (κ2) is 4.33. The monoisotopic (exact) mass is 234 g/mol. The summed E-state index contributed by atoms with van der Waals surface area (Å²) in [6.45, 7) is 6.30. The first-order valence-corrected chi connectivity index (χ1v) is 5.69. The minimum Gasteiger partial charge on any atom is -0.389 e. The molecule has 2 aromatic heterocycles. The van der Waals surface area contributed by atoms with Crippen LogP contribution in [0, 0.1) is 13.8 Å². The van der Waals surface area contributed by atoms with E-state index < -0.39 is 6.10 Å². The van der Waals surface area contributed by atoms with Gasteiger partial charge in [-0.2, -0.15) is 10.2 Å². The molecule has 5 heteroatoms. The van der Waals surface area contributed by atoms with E-state index in [0.717, 1.165) is 22.6 Å². The maximum atomic E-state index is 9.70. The highest BCUT2D eigenvalue weighted by Crippen LogP contribution is 2.21. The minimum atomic E-state index is -0.479. The lowest BCUT2D eigenvalue weighted by Crippen LogP contribution is -2.06. The van der Waals surface area contributed by atoms with Crippen LogP contribution in [0.25, 0.3) is 0 Å². The molecule has 0 saturated carbocycles. The van der Waals surface area contributed by atoms with Crippen molar-refractivity contribution in [3.05, 3.63) is 34.9 Å². The van der Waals surface area contributed by atoms with Crippen LogP contribution in [-0.4, -0.2) is 24.7 Å². The number of rotatable bonds is 3. The van der Waals surface area contributed by atoms with Crippen molar-refractivity contribution in [2.45, 2.75) is 33.4 Å². The zero-order chi connectivity index (χ0) is 12.6. The summed E-state index contributed by atoms with van der Waals surface area (Å²) in [5.74, 6) is 0. The van der Waals surface area contributed by atoms with Crippen molar-refractivity contribution in [2.75, 3.05) is 0 Å². The Kier molecular flexibility index (Phi) is 3.02. The lowest BCUT2D eigenvalue weighted by molar-refractivity contribution is 0.197. The van der Waals surface area contributed by atoms with Gasteiger partial charge in [-0.25, -0.2) is 0 Å². The van der Waals surface area contributed by atoms with E-state index in [-0.39, 0.29) is 0 Å². The summed E-state index contributed by atoms with van der Waals surface area (Å²) in [5.41, 5.74) is 3.77. The van der Waals surface area contributed by atoms with Gasteiger partial charge in [-0.15, -0.1) is 0 Å². The molecule has 2 rings (SSSR count). The topological polar surface area (TPSA) is 55.9 Å². The van der Waals surface area contributed by atoms with Gasteiger partial charge in [0.25, 0.3) is 0 Å². The highest BCUT2D eigenvalue weighted by Gasteiger charge is 2.15. The Bertz CT molecular complexity index is 525. The van der Waals surface area contributed by atoms with E-state index in [4.69, 9.17) is 0 Å². The molecule has 0 fully saturated rings. The predicted molar refractivity (Wildman–Crippen MR) is 64.6 cm³/mol. The van der Waals surface area contributed by atoms with E-state index in [2.05, 4.69) is 10.2 Å². The second-order valence-corrected chi connectivity index (χ2v) is 4.40. The van der Waals surface area contributed by atoms with Gasteiger partial charge in [-0.3, -0.25) is 9.36 Å². The highest BCUT2D eigenvalue weighted by atomic mass is 16.3. The molecule has 0 bridgehead atoms. The molecular weight excluding hydrogens is 216 g/mol. The molecule has 0 radical (unpaired) electrons. The molecule has 92 valence electrons. The fraction of sp³-hybridized carbons (Fsp3) is 0.500. The first-order chi connectivity index (χ1) is 7.99. The van der Waals surface area contributed by atoms with Crippen molar-refractivity contribution in [3.8, 4) is 0 Å². The number of aliphatic hydroxyl groups is 1. The molecule has 0 spiro atoms. The minimum absolute atomic E-state index is 0.479. The van der Waals surface area contributed by atoms with Crippen LogP contribution in [0.2, 0.25) is 0 Å². The van der Waals surface area contributed by atoms with E-state index in [1.165, 1.54) is 0 Å². The van der Waals surface area contributed by atoms with Crippen molar-refractivity contribution in [1.82, 2.24) is 19.6 Å². The molecule has 0 saturated heterocycles. The lowest BCUT2D eigenvalue weighted by Gasteiger charge is -2.05. The van der Waals surface area contributed by atoms with Crippen LogP contribution in [-0.2, 0) is 13.6 Å². The molecule has 0 aliphatic heterocycles. The first-order valence-electron chi connectivity index (χ1n) is 5.69. The summed E-state index contributed by atoms with van der Waals surface area (Å²) in [4.78, 5) is 0. The van der Waals surface area contributed by atoms with Crippen LogP contribution in [0.1, 0.15) is 35.7 Å². The van der Waals surface area contributed by atoms with E-state index in [9.17, 15) is 5.11 Å². The van der Waals surface area contributed by atoms with Crippen LogP contribution in [0.15, 0.2) is 12.3 Å². The Morgan fingerprint density at radius 3 is 2.53 bits per heavy atom. The van der Waals surface area contributed by atoms with Gasteiger partial charge in [0.15, 0.2) is 0 Å². The van der Waals surface area contributed by atoms with Gasteiger partial charge in [0.1, 0.15) is 0 Å². The summed E-state index contributed by atoms with van der Waals surface area (Å²) in [7, 11) is 1.89. The zero-order valence-corrected chi connectivity index (χ0v) is 10.7. The average molecular weight is 234 g/mol. The molecule has 1 atom stereocenters. The molecule has 0 amide bonds. The predicted octanol–water partition coefficient (Wildman–Crippen LogP) is 1.34. The third kappa shape index (κ3) is 2.24. The number of hydrogen-bond acceptors (Lipinski definition) is 3. The number of aryl methyl sites for hydroxylation is 2. The standard InChI is InChI=1S/C12H18N4O/c1-8-12(10(3)17)9(2)16(13-8)7-11-5-6-15(4)14-11/h5-6,10,17H,7H2,1-4H3. The Hall–Kier alpha value is -1.62. The first kappa shape index (κ1) is 11.9. The van der Waals surface area contributed by atoms with Gasteiger partial charge in [-0.05, 0) is 26.8 Å². The third-order valence-electron chi connectivity index (χ3n) is 2.94. The van der Waals surface area contributed by atoms with E-state index in [1.807, 2.05) is 37.8 Å². The molecule has 1 N–H and O–H groups in total. The molecule has 0 aromatic carbocycles. The van der Waals surface area contributed by atoms with Crippen molar-refractivity contribution in [3.63, 3.8) is 0 Å². The van der Waals surface area contributed by atoms with Crippen molar-refractivity contribution >= 4 is 0 Å². The van der Waals surface area contributed by atoms with Gasteiger partial charge in [-0.1, -0.05) is 0 Å². The zero-order valence-electron chi connectivity index (χ0n) is 10.7. The van der Waals surface area contributed by atoms with Crippen molar-refractivity contribution in [2.24, 2.45) is 7.05 Å². The van der Waals surface area contributed by atoms with Gasteiger partial charge in [0.05, 0.1) is 24.0 Å². The number of nitrogens with zero attached hydrogens (tertiary/aromatic N) is 4. The quantitative estimate of drug-likeness (QED) is 0.871. The number of hydrogen-bond donors (Lipinski definition) is 1. The summed E-state index contributed by atoms with van der Waals surface area (Å²) in [5, 5.41) is 18.5. The summed E-state index contributed by atoms with van der Waals surface area (Å²) in [6.07, 6.45) is 1.43. The average Bonchev–Trinajstić information content (AvgIpc) is 2.73. The van der Waals surface area contributed by atoms with Crippen LogP contribution in [0.3, 0.4) is 0 Å². The Balaban J connectivity index is 2.31. The van der Waals surface area contributed by atoms with Crippen LogP contribution in [0.5, 0.6) is 0 Å². The summed E-state index contributed by atoms with van der Waals surface area (Å²) < 4.78 is 3.66. The van der Waals surface area contributed by atoms with E-state index >= 15 is 0 Å².